The van der Waals surface area contributed by atoms with Gasteiger partial charge in [-0.25, -0.2) is 0 Å². The fourth-order valence-electron chi connectivity index (χ4n) is 2.73. The molecular weight excluding hydrogens is 346 g/mol. The Morgan fingerprint density at radius 3 is 2.67 bits per heavy atom. The van der Waals surface area contributed by atoms with Gasteiger partial charge in [-0.05, 0) is 24.4 Å². The predicted octanol–water partition coefficient (Wildman–Crippen LogP) is 3.03. The maximum absolute atomic E-state index is 11.9. The number of carbonyl (C=O) groups is 2. The highest BCUT2D eigenvalue weighted by molar-refractivity contribution is 7.73. The molecule has 0 spiro atoms. The maximum Gasteiger partial charge on any atom is 0.249 e. The minimum Gasteiger partial charge on any atom is -0.492 e. The first kappa shape index (κ1) is 15.0. The van der Waals surface area contributed by atoms with Crippen molar-refractivity contribution in [3.63, 3.8) is 0 Å². The normalized spacial score (nSPS) is 18.0. The summed E-state index contributed by atoms with van der Waals surface area (Å²) in [6, 6.07) is 7.66. The molecule has 3 heterocycles. The smallest absolute Gasteiger partial charge is 0.249 e. The van der Waals surface area contributed by atoms with Crippen LogP contribution < -0.4 is 5.01 Å². The highest BCUT2D eigenvalue weighted by Gasteiger charge is 2.33. The Labute approximate surface area is 146 Å². The first-order chi connectivity index (χ1) is 11.6. The number of aromatic nitrogens is 1. The fraction of sp³-hybridized carbons (Fsp3) is 0.125. The van der Waals surface area contributed by atoms with E-state index in [-0.39, 0.29) is 34.5 Å². The van der Waals surface area contributed by atoms with Crippen LogP contribution in [0, 0.1) is 3.95 Å². The molecule has 0 atom stereocenters. The second-order valence-corrected chi connectivity index (χ2v) is 7.02. The second kappa shape index (κ2) is 5.50. The maximum atomic E-state index is 11.9. The highest BCUT2D eigenvalue weighted by Crippen LogP contribution is 2.36. The third-order valence-corrected chi connectivity index (χ3v) is 5.15. The molecule has 2 aromatic rings. The molecule has 2 aliphatic heterocycles. The SMILES string of the molecule is O=C1CCC(=O)N1n1c(O)c(/C=C2\C=Nc3ccccc32)sc1=S. The molecule has 120 valence electrons. The van der Waals surface area contributed by atoms with E-state index in [0.717, 1.165) is 37.8 Å². The van der Waals surface area contributed by atoms with Gasteiger partial charge in [-0.3, -0.25) is 14.6 Å². The number of imide groups is 1. The molecule has 1 N–H and O–H groups in total. The number of para-hydroxylation sites is 1. The zero-order valence-corrected chi connectivity index (χ0v) is 13.9. The lowest BCUT2D eigenvalue weighted by atomic mass is 10.1. The molecule has 1 saturated heterocycles. The summed E-state index contributed by atoms with van der Waals surface area (Å²) >= 11 is 6.37. The summed E-state index contributed by atoms with van der Waals surface area (Å²) in [5, 5.41) is 11.4. The first-order valence-electron chi connectivity index (χ1n) is 7.22. The molecule has 4 rings (SSSR count). The number of benzene rings is 1. The average molecular weight is 357 g/mol. The Hall–Kier alpha value is -2.58. The van der Waals surface area contributed by atoms with Crippen molar-refractivity contribution < 1.29 is 14.7 Å². The van der Waals surface area contributed by atoms with Crippen molar-refractivity contribution in [3.8, 4) is 5.88 Å². The van der Waals surface area contributed by atoms with Gasteiger partial charge >= 0.3 is 0 Å². The lowest BCUT2D eigenvalue weighted by Crippen LogP contribution is -2.38. The number of hydrogen-bond donors (Lipinski definition) is 1. The highest BCUT2D eigenvalue weighted by atomic mass is 32.1. The number of nitrogens with zero attached hydrogens (tertiary/aromatic N) is 3. The van der Waals surface area contributed by atoms with Crippen LogP contribution in [0.15, 0.2) is 29.3 Å². The number of aliphatic imine (C=N–C) groups is 1. The Bertz CT molecular complexity index is 984. The lowest BCUT2D eigenvalue weighted by molar-refractivity contribution is -0.123. The molecule has 2 aliphatic rings. The van der Waals surface area contributed by atoms with Crippen LogP contribution in [0.1, 0.15) is 23.3 Å². The van der Waals surface area contributed by atoms with Gasteiger partial charge in [0, 0.05) is 30.2 Å². The van der Waals surface area contributed by atoms with Crippen molar-refractivity contribution >= 4 is 58.9 Å². The van der Waals surface area contributed by atoms with Gasteiger partial charge in [0.05, 0.1) is 10.6 Å². The molecular formula is C16H11N3O3S2. The predicted molar refractivity (Wildman–Crippen MR) is 94.7 cm³/mol. The van der Waals surface area contributed by atoms with Crippen molar-refractivity contribution in [1.29, 1.82) is 0 Å². The van der Waals surface area contributed by atoms with Gasteiger partial charge in [0.25, 0.3) is 0 Å². The molecule has 8 heteroatoms. The van der Waals surface area contributed by atoms with Crippen LogP contribution in [0.2, 0.25) is 0 Å². The summed E-state index contributed by atoms with van der Waals surface area (Å²) in [5.41, 5.74) is 2.65. The summed E-state index contributed by atoms with van der Waals surface area (Å²) in [6.07, 6.45) is 3.73. The summed E-state index contributed by atoms with van der Waals surface area (Å²) < 4.78 is 1.35. The fourth-order valence-corrected chi connectivity index (χ4v) is 3.97. The Balaban J connectivity index is 1.80. The van der Waals surface area contributed by atoms with Crippen LogP contribution in [-0.2, 0) is 9.59 Å². The molecule has 24 heavy (non-hydrogen) atoms. The zero-order valence-electron chi connectivity index (χ0n) is 12.3. The number of thiazole rings is 1. The third kappa shape index (κ3) is 2.22. The quantitative estimate of drug-likeness (QED) is 0.662. The van der Waals surface area contributed by atoms with E-state index in [1.165, 1.54) is 0 Å². The van der Waals surface area contributed by atoms with E-state index in [0.29, 0.717) is 4.88 Å². The van der Waals surface area contributed by atoms with Crippen LogP contribution in [0.25, 0.3) is 11.6 Å². The van der Waals surface area contributed by atoms with E-state index in [1.54, 1.807) is 12.3 Å². The molecule has 1 fully saturated rings. The lowest BCUT2D eigenvalue weighted by Gasteiger charge is -2.15. The van der Waals surface area contributed by atoms with Crippen molar-refractivity contribution in [1.82, 2.24) is 4.68 Å². The Morgan fingerprint density at radius 2 is 1.92 bits per heavy atom. The number of rotatable bonds is 2. The molecule has 0 bridgehead atoms. The molecule has 0 saturated carbocycles. The summed E-state index contributed by atoms with van der Waals surface area (Å²) in [5.74, 6) is -0.939. The van der Waals surface area contributed by atoms with Crippen molar-refractivity contribution in [2.24, 2.45) is 4.99 Å². The van der Waals surface area contributed by atoms with Crippen LogP contribution in [0.4, 0.5) is 5.69 Å². The summed E-state index contributed by atoms with van der Waals surface area (Å²) in [6.45, 7) is 0. The molecule has 6 nitrogen and oxygen atoms in total. The molecule has 0 unspecified atom stereocenters. The van der Waals surface area contributed by atoms with E-state index in [1.807, 2.05) is 24.3 Å². The van der Waals surface area contributed by atoms with Gasteiger partial charge in [0.15, 0.2) is 3.95 Å². The van der Waals surface area contributed by atoms with Crippen molar-refractivity contribution in [2.75, 3.05) is 5.01 Å². The van der Waals surface area contributed by atoms with Gasteiger partial charge in [-0.15, -0.1) is 0 Å². The summed E-state index contributed by atoms with van der Waals surface area (Å²) in [4.78, 5) is 28.6. The molecule has 1 aromatic heterocycles. The monoisotopic (exact) mass is 357 g/mol. The minimum atomic E-state index is -0.365. The van der Waals surface area contributed by atoms with Crippen LogP contribution >= 0.6 is 23.6 Å². The zero-order chi connectivity index (χ0) is 16.8. The number of allylic oxidation sites excluding steroid dienone is 1. The van der Waals surface area contributed by atoms with Crippen LogP contribution in [0.5, 0.6) is 5.88 Å². The van der Waals surface area contributed by atoms with Gasteiger partial charge in [-0.2, -0.15) is 9.69 Å². The molecule has 1 aromatic carbocycles. The van der Waals surface area contributed by atoms with Crippen LogP contribution in [-0.4, -0.2) is 27.8 Å². The topological polar surface area (TPSA) is 74.9 Å². The average Bonchev–Trinajstić information content (AvgIpc) is 3.20. The second-order valence-electron chi connectivity index (χ2n) is 5.34. The largest absolute Gasteiger partial charge is 0.492 e. The standard InChI is InChI=1S/C16H11N3O3S2/c20-13-5-6-14(21)18(13)19-15(22)12(24-16(19)23)7-9-8-17-11-4-2-1-3-10(9)11/h1-4,7-8,22H,5-6H2/b9-7+. The number of fused-ring (bicyclic) bond motifs is 1. The Morgan fingerprint density at radius 1 is 1.21 bits per heavy atom. The molecule has 0 radical (unpaired) electrons. The van der Waals surface area contributed by atoms with Gasteiger partial charge in [0.2, 0.25) is 17.7 Å². The minimum absolute atomic E-state index is 0.131. The van der Waals surface area contributed by atoms with E-state index in [9.17, 15) is 14.7 Å². The number of aromatic hydroxyl groups is 1. The van der Waals surface area contributed by atoms with Gasteiger partial charge in [-0.1, -0.05) is 29.5 Å². The Kier molecular flexibility index (Phi) is 3.43. The van der Waals surface area contributed by atoms with E-state index in [2.05, 4.69) is 4.99 Å². The molecule has 0 aliphatic carbocycles. The number of amides is 2. The molecule has 2 amide bonds. The van der Waals surface area contributed by atoms with Crippen molar-refractivity contribution in [3.05, 3.63) is 38.7 Å². The van der Waals surface area contributed by atoms with E-state index < -0.39 is 0 Å². The van der Waals surface area contributed by atoms with Gasteiger partial charge < -0.3 is 5.11 Å². The number of carbonyl (C=O) groups excluding carboxylic acids is 2. The number of hydrogen-bond acceptors (Lipinski definition) is 6. The third-order valence-electron chi connectivity index (χ3n) is 3.86. The van der Waals surface area contributed by atoms with Gasteiger partial charge in [0.1, 0.15) is 0 Å². The first-order valence-corrected chi connectivity index (χ1v) is 8.45. The van der Waals surface area contributed by atoms with E-state index in [4.69, 9.17) is 12.2 Å². The van der Waals surface area contributed by atoms with Crippen LogP contribution in [0.3, 0.4) is 0 Å². The summed E-state index contributed by atoms with van der Waals surface area (Å²) in [7, 11) is 0. The van der Waals surface area contributed by atoms with E-state index >= 15 is 0 Å². The van der Waals surface area contributed by atoms with Crippen molar-refractivity contribution in [2.45, 2.75) is 12.8 Å².